The van der Waals surface area contributed by atoms with Crippen molar-refractivity contribution in [3.63, 3.8) is 0 Å². The van der Waals surface area contributed by atoms with Gasteiger partial charge in [0.1, 0.15) is 22.8 Å². The maximum atomic E-state index is 13.1. The molecule has 0 saturated heterocycles. The number of para-hydroxylation sites is 1. The number of urea groups is 1. The van der Waals surface area contributed by atoms with E-state index in [9.17, 15) is 9.59 Å². The Bertz CT molecular complexity index is 1760. The standard InChI is InChI=1S/C28H26IN7O3S/c1-16-26(37)34-25-24(31-16)20(12-13-30-25)39-18-10-11-19(21(14-18)40-4)32-27(38)33-23-15-22(28(2,3)29)35-36(23)17-8-6-5-7-9-17/h5-15H,1-4H3,(H,30,34,37)(H2,32,33,38). The smallest absolute Gasteiger partial charge is 0.324 e. The molecule has 0 aliphatic rings. The largest absolute Gasteiger partial charge is 0.455 e. The number of halogens is 1. The predicted molar refractivity (Wildman–Crippen MR) is 166 cm³/mol. The number of ether oxygens (including phenoxy) is 1. The zero-order valence-electron chi connectivity index (χ0n) is 22.2. The molecule has 3 aromatic heterocycles. The van der Waals surface area contributed by atoms with E-state index in [-0.39, 0.29) is 8.98 Å². The third-order valence-electron chi connectivity index (χ3n) is 5.94. The molecule has 0 saturated carbocycles. The number of nitrogens with one attached hydrogen (secondary N) is 3. The van der Waals surface area contributed by atoms with Gasteiger partial charge in [-0.25, -0.2) is 19.4 Å². The molecule has 5 aromatic rings. The van der Waals surface area contributed by atoms with Crippen molar-refractivity contribution in [2.24, 2.45) is 0 Å². The van der Waals surface area contributed by atoms with E-state index in [1.807, 2.05) is 48.7 Å². The lowest BCUT2D eigenvalue weighted by Crippen LogP contribution is -2.21. The highest BCUT2D eigenvalue weighted by atomic mass is 127. The Balaban J connectivity index is 1.38. The molecule has 0 fully saturated rings. The molecule has 40 heavy (non-hydrogen) atoms. The molecule has 0 aliphatic heterocycles. The van der Waals surface area contributed by atoms with Gasteiger partial charge in [-0.1, -0.05) is 40.8 Å². The van der Waals surface area contributed by atoms with Crippen molar-refractivity contribution in [2.45, 2.75) is 29.1 Å². The van der Waals surface area contributed by atoms with Gasteiger partial charge >= 0.3 is 6.03 Å². The number of amides is 2. The minimum Gasteiger partial charge on any atom is -0.455 e. The van der Waals surface area contributed by atoms with E-state index in [0.717, 1.165) is 16.3 Å². The number of anilines is 2. The summed E-state index contributed by atoms with van der Waals surface area (Å²) in [6.07, 6.45) is 3.46. The average Bonchev–Trinajstić information content (AvgIpc) is 3.35. The lowest BCUT2D eigenvalue weighted by molar-refractivity contribution is 0.262. The van der Waals surface area contributed by atoms with Crippen LogP contribution in [0.25, 0.3) is 16.9 Å². The van der Waals surface area contributed by atoms with Gasteiger partial charge in [-0.15, -0.1) is 11.8 Å². The van der Waals surface area contributed by atoms with Crippen LogP contribution < -0.4 is 20.9 Å². The maximum Gasteiger partial charge on any atom is 0.324 e. The molecule has 0 atom stereocenters. The van der Waals surface area contributed by atoms with Gasteiger partial charge in [-0.05, 0) is 57.4 Å². The van der Waals surface area contributed by atoms with Gasteiger partial charge < -0.3 is 15.0 Å². The van der Waals surface area contributed by atoms with Crippen LogP contribution >= 0.6 is 34.4 Å². The van der Waals surface area contributed by atoms with Gasteiger partial charge in [0, 0.05) is 23.2 Å². The number of alkyl halides is 1. The summed E-state index contributed by atoms with van der Waals surface area (Å²) < 4.78 is 7.61. The number of carbonyl (C=O) groups is 1. The summed E-state index contributed by atoms with van der Waals surface area (Å²) in [5, 5.41) is 10.6. The van der Waals surface area contributed by atoms with Gasteiger partial charge in [0.05, 0.1) is 20.5 Å². The van der Waals surface area contributed by atoms with E-state index in [0.29, 0.717) is 39.9 Å². The Labute approximate surface area is 248 Å². The van der Waals surface area contributed by atoms with Gasteiger partial charge in [-0.2, -0.15) is 5.10 Å². The van der Waals surface area contributed by atoms with Crippen molar-refractivity contribution >= 4 is 63.1 Å². The molecular weight excluding hydrogens is 641 g/mol. The molecule has 10 nitrogen and oxygen atoms in total. The highest BCUT2D eigenvalue weighted by Gasteiger charge is 2.23. The summed E-state index contributed by atoms with van der Waals surface area (Å²) in [4.78, 5) is 37.1. The summed E-state index contributed by atoms with van der Waals surface area (Å²) in [6, 6.07) is 18.2. The number of hydrogen-bond acceptors (Lipinski definition) is 7. The quantitative estimate of drug-likeness (QED) is 0.101. The summed E-state index contributed by atoms with van der Waals surface area (Å²) in [5.74, 6) is 1.56. The molecule has 12 heteroatoms. The first-order valence-corrected chi connectivity index (χ1v) is 14.6. The van der Waals surface area contributed by atoms with Crippen LogP contribution in [-0.2, 0) is 3.42 Å². The molecule has 3 N–H and O–H groups in total. The number of carbonyl (C=O) groups excluding carboxylic acids is 1. The van der Waals surface area contributed by atoms with E-state index in [1.165, 1.54) is 11.8 Å². The first-order chi connectivity index (χ1) is 19.1. The number of aromatic amines is 1. The molecule has 204 valence electrons. The summed E-state index contributed by atoms with van der Waals surface area (Å²) in [6.45, 7) is 5.76. The maximum absolute atomic E-state index is 13.1. The van der Waals surface area contributed by atoms with Crippen LogP contribution in [0.3, 0.4) is 0 Å². The van der Waals surface area contributed by atoms with Crippen LogP contribution in [0, 0.1) is 6.92 Å². The summed E-state index contributed by atoms with van der Waals surface area (Å²) in [7, 11) is 0. The lowest BCUT2D eigenvalue weighted by Gasteiger charge is -2.14. The topological polar surface area (TPSA) is 127 Å². The first-order valence-electron chi connectivity index (χ1n) is 12.3. The highest BCUT2D eigenvalue weighted by Crippen LogP contribution is 2.34. The second-order valence-corrected chi connectivity index (χ2v) is 12.9. The van der Waals surface area contributed by atoms with Crippen molar-refractivity contribution in [1.29, 1.82) is 0 Å². The molecule has 2 aromatic carbocycles. The van der Waals surface area contributed by atoms with Crippen LogP contribution in [0.5, 0.6) is 11.5 Å². The normalized spacial score (nSPS) is 11.4. The second-order valence-electron chi connectivity index (χ2n) is 9.34. The molecule has 0 aliphatic carbocycles. The number of rotatable bonds is 7. The van der Waals surface area contributed by atoms with Gasteiger partial charge in [0.25, 0.3) is 5.56 Å². The highest BCUT2D eigenvalue weighted by molar-refractivity contribution is 14.1. The fourth-order valence-electron chi connectivity index (χ4n) is 3.90. The van der Waals surface area contributed by atoms with Gasteiger partial charge in [-0.3, -0.25) is 10.1 Å². The van der Waals surface area contributed by atoms with Crippen molar-refractivity contribution in [2.75, 3.05) is 16.9 Å². The fraction of sp³-hybridized carbons (Fsp3) is 0.179. The van der Waals surface area contributed by atoms with E-state index in [2.05, 4.69) is 62.0 Å². The van der Waals surface area contributed by atoms with Crippen LogP contribution in [0.2, 0.25) is 0 Å². The SMILES string of the molecule is CSc1cc(Oc2ccnc3[nH]c(=O)c(C)nc23)ccc1NC(=O)Nc1cc(C(C)(C)I)nn1-c1ccccc1. The number of thioether (sulfide) groups is 1. The number of hydrogen-bond donors (Lipinski definition) is 3. The molecule has 0 spiro atoms. The van der Waals surface area contributed by atoms with Crippen molar-refractivity contribution in [3.05, 3.63) is 88.6 Å². The Hall–Kier alpha value is -3.91. The first kappa shape index (κ1) is 27.6. The number of pyridine rings is 1. The number of H-pyrrole nitrogens is 1. The van der Waals surface area contributed by atoms with Crippen LogP contribution in [0.15, 0.2) is 76.6 Å². The number of aromatic nitrogens is 5. The molecular formula is C28H26IN7O3S. The van der Waals surface area contributed by atoms with Crippen LogP contribution in [-0.4, -0.2) is 37.0 Å². The number of fused-ring (bicyclic) bond motifs is 1. The molecule has 0 unspecified atom stereocenters. The minimum absolute atomic E-state index is 0.226. The fourth-order valence-corrected chi connectivity index (χ4v) is 4.73. The van der Waals surface area contributed by atoms with E-state index < -0.39 is 6.03 Å². The Morgan fingerprint density at radius 2 is 1.88 bits per heavy atom. The van der Waals surface area contributed by atoms with Crippen molar-refractivity contribution in [3.8, 4) is 17.2 Å². The molecule has 2 amide bonds. The predicted octanol–water partition coefficient (Wildman–Crippen LogP) is 6.64. The zero-order valence-corrected chi connectivity index (χ0v) is 25.1. The van der Waals surface area contributed by atoms with Crippen LogP contribution in [0.4, 0.5) is 16.3 Å². The van der Waals surface area contributed by atoms with Gasteiger partial charge in [0.15, 0.2) is 11.4 Å². The Morgan fingerprint density at radius 1 is 1.10 bits per heavy atom. The third-order valence-corrected chi connectivity index (χ3v) is 7.27. The van der Waals surface area contributed by atoms with E-state index in [4.69, 9.17) is 9.84 Å². The van der Waals surface area contributed by atoms with Crippen molar-refractivity contribution in [1.82, 2.24) is 24.7 Å². The monoisotopic (exact) mass is 667 g/mol. The van der Waals surface area contributed by atoms with Crippen molar-refractivity contribution < 1.29 is 9.53 Å². The van der Waals surface area contributed by atoms with Gasteiger partial charge in [0.2, 0.25) is 0 Å². The third kappa shape index (κ3) is 5.97. The zero-order chi connectivity index (χ0) is 28.4. The molecule has 3 heterocycles. The number of aryl methyl sites for hydroxylation is 1. The molecule has 0 bridgehead atoms. The van der Waals surface area contributed by atoms with E-state index in [1.54, 1.807) is 36.0 Å². The van der Waals surface area contributed by atoms with Crippen LogP contribution in [0.1, 0.15) is 25.2 Å². The molecule has 5 rings (SSSR count). The number of nitrogens with zero attached hydrogens (tertiary/aromatic N) is 4. The Kier molecular flexibility index (Phi) is 7.81. The average molecular weight is 668 g/mol. The summed E-state index contributed by atoms with van der Waals surface area (Å²) in [5.41, 5.74) is 3.13. The lowest BCUT2D eigenvalue weighted by atomic mass is 10.1. The Morgan fingerprint density at radius 3 is 2.60 bits per heavy atom. The summed E-state index contributed by atoms with van der Waals surface area (Å²) >= 11 is 3.80. The second kappa shape index (κ2) is 11.3. The molecule has 0 radical (unpaired) electrons. The minimum atomic E-state index is -0.400. The number of benzene rings is 2. The van der Waals surface area contributed by atoms with E-state index >= 15 is 0 Å².